The molecule has 0 radical (unpaired) electrons. The van der Waals surface area contributed by atoms with Crippen LogP contribution < -0.4 is 5.32 Å². The minimum absolute atomic E-state index is 0.205. The lowest BCUT2D eigenvalue weighted by atomic mass is 10.2. The number of benzene rings is 1. The van der Waals surface area contributed by atoms with Crippen LogP contribution in [0.5, 0.6) is 0 Å². The van der Waals surface area contributed by atoms with Crippen LogP contribution in [0.25, 0.3) is 0 Å². The first kappa shape index (κ1) is 10.3. The zero-order valence-electron chi connectivity index (χ0n) is 8.12. The van der Waals surface area contributed by atoms with Gasteiger partial charge in [-0.1, -0.05) is 18.2 Å². The van der Waals surface area contributed by atoms with Gasteiger partial charge in [-0.2, -0.15) is 0 Å². The Morgan fingerprint density at radius 1 is 1.43 bits per heavy atom. The highest BCUT2D eigenvalue weighted by molar-refractivity contribution is 5.94. The summed E-state index contributed by atoms with van der Waals surface area (Å²) in [6, 6.07) is 8.92. The van der Waals surface area contributed by atoms with Gasteiger partial charge in [-0.15, -0.1) is 0 Å². The zero-order valence-corrected chi connectivity index (χ0v) is 8.12. The van der Waals surface area contributed by atoms with Crippen molar-refractivity contribution in [2.24, 2.45) is 0 Å². The first-order valence-electron chi connectivity index (χ1n) is 4.42. The quantitative estimate of drug-likeness (QED) is 0.738. The molecule has 1 amide bonds. The number of carbonyl (C=O) groups excluding carboxylic acids is 1. The maximum atomic E-state index is 11.5. The Labute approximate surface area is 83.4 Å². The van der Waals surface area contributed by atoms with Crippen molar-refractivity contribution in [3.63, 3.8) is 0 Å². The van der Waals surface area contributed by atoms with Crippen LogP contribution in [0.1, 0.15) is 17.3 Å². The average Bonchev–Trinajstić information content (AvgIpc) is 2.19. The standard InChI is InChI=1S/C11H13NO2/c1-3-14-9(2)12-11(13)10-7-5-4-6-8-10/h4-8H,2-3H2,1H3,(H,12,13). The molecule has 0 saturated carbocycles. The van der Waals surface area contributed by atoms with Gasteiger partial charge in [-0.3, -0.25) is 10.1 Å². The Kier molecular flexibility index (Phi) is 3.73. The minimum atomic E-state index is -0.205. The molecule has 3 nitrogen and oxygen atoms in total. The van der Waals surface area contributed by atoms with Crippen LogP contribution in [0, 0.1) is 0 Å². The number of amides is 1. The molecule has 1 rings (SSSR count). The number of rotatable bonds is 4. The Bertz CT molecular complexity index is 319. The first-order valence-corrected chi connectivity index (χ1v) is 4.42. The van der Waals surface area contributed by atoms with E-state index in [0.717, 1.165) is 0 Å². The van der Waals surface area contributed by atoms with Gasteiger partial charge in [-0.25, -0.2) is 0 Å². The number of carbonyl (C=O) groups is 1. The van der Waals surface area contributed by atoms with Crippen LogP contribution >= 0.6 is 0 Å². The predicted molar refractivity (Wildman–Crippen MR) is 54.7 cm³/mol. The van der Waals surface area contributed by atoms with Gasteiger partial charge in [0, 0.05) is 5.56 Å². The van der Waals surface area contributed by atoms with Crippen molar-refractivity contribution in [3.8, 4) is 0 Å². The first-order chi connectivity index (χ1) is 6.74. The molecule has 74 valence electrons. The molecular weight excluding hydrogens is 178 g/mol. The maximum absolute atomic E-state index is 11.5. The molecule has 0 heterocycles. The molecule has 0 aromatic heterocycles. The van der Waals surface area contributed by atoms with E-state index >= 15 is 0 Å². The van der Waals surface area contributed by atoms with Crippen molar-refractivity contribution in [2.45, 2.75) is 6.92 Å². The summed E-state index contributed by atoms with van der Waals surface area (Å²) in [5.74, 6) is 0.0744. The second-order valence-corrected chi connectivity index (χ2v) is 2.68. The van der Waals surface area contributed by atoms with Crippen molar-refractivity contribution >= 4 is 5.91 Å². The van der Waals surface area contributed by atoms with E-state index in [1.807, 2.05) is 13.0 Å². The molecular formula is C11H13NO2. The van der Waals surface area contributed by atoms with Gasteiger partial charge in [0.2, 0.25) is 0 Å². The van der Waals surface area contributed by atoms with E-state index in [1.165, 1.54) is 0 Å². The fourth-order valence-electron chi connectivity index (χ4n) is 0.999. The highest BCUT2D eigenvalue weighted by atomic mass is 16.5. The third-order valence-electron chi connectivity index (χ3n) is 1.61. The molecule has 0 bridgehead atoms. The summed E-state index contributed by atoms with van der Waals surface area (Å²) in [7, 11) is 0. The maximum Gasteiger partial charge on any atom is 0.257 e. The summed E-state index contributed by atoms with van der Waals surface area (Å²) in [5.41, 5.74) is 0.591. The molecule has 0 saturated heterocycles. The van der Waals surface area contributed by atoms with Gasteiger partial charge in [0.1, 0.15) is 0 Å². The molecule has 0 aliphatic rings. The average molecular weight is 191 g/mol. The molecule has 0 unspecified atom stereocenters. The van der Waals surface area contributed by atoms with Crippen LogP contribution in [-0.4, -0.2) is 12.5 Å². The molecule has 0 atom stereocenters. The SMILES string of the molecule is C=C(NC(=O)c1ccccc1)OCC. The van der Waals surface area contributed by atoms with E-state index in [9.17, 15) is 4.79 Å². The highest BCUT2D eigenvalue weighted by Gasteiger charge is 2.05. The van der Waals surface area contributed by atoms with Crippen molar-refractivity contribution < 1.29 is 9.53 Å². The van der Waals surface area contributed by atoms with Gasteiger partial charge in [0.05, 0.1) is 6.61 Å². The molecule has 1 N–H and O–H groups in total. The number of hydrogen-bond acceptors (Lipinski definition) is 2. The summed E-state index contributed by atoms with van der Waals surface area (Å²) in [5, 5.41) is 2.54. The van der Waals surface area contributed by atoms with E-state index < -0.39 is 0 Å². The van der Waals surface area contributed by atoms with Crippen LogP contribution in [-0.2, 0) is 4.74 Å². The normalized spacial score (nSPS) is 9.21. The predicted octanol–water partition coefficient (Wildman–Crippen LogP) is 1.92. The lowest BCUT2D eigenvalue weighted by molar-refractivity contribution is 0.0924. The number of hydrogen-bond donors (Lipinski definition) is 1. The summed E-state index contributed by atoms with van der Waals surface area (Å²) in [6.45, 7) is 5.88. The number of nitrogens with one attached hydrogen (secondary N) is 1. The topological polar surface area (TPSA) is 38.3 Å². The molecule has 1 aromatic rings. The van der Waals surface area contributed by atoms with Crippen molar-refractivity contribution in [1.29, 1.82) is 0 Å². The molecule has 3 heteroatoms. The molecule has 14 heavy (non-hydrogen) atoms. The third-order valence-corrected chi connectivity index (χ3v) is 1.61. The van der Waals surface area contributed by atoms with Gasteiger partial charge in [0.25, 0.3) is 5.91 Å². The fourth-order valence-corrected chi connectivity index (χ4v) is 0.999. The van der Waals surface area contributed by atoms with E-state index in [1.54, 1.807) is 24.3 Å². The van der Waals surface area contributed by atoms with Gasteiger partial charge < -0.3 is 4.74 Å². The zero-order chi connectivity index (χ0) is 10.4. The molecule has 0 fully saturated rings. The molecule has 0 aliphatic carbocycles. The summed E-state index contributed by atoms with van der Waals surface area (Å²) in [6.07, 6.45) is 0. The highest BCUT2D eigenvalue weighted by Crippen LogP contribution is 1.99. The van der Waals surface area contributed by atoms with Crippen LogP contribution in [0.2, 0.25) is 0 Å². The summed E-state index contributed by atoms with van der Waals surface area (Å²) >= 11 is 0. The second kappa shape index (κ2) is 5.07. The van der Waals surface area contributed by atoms with E-state index in [0.29, 0.717) is 12.2 Å². The van der Waals surface area contributed by atoms with Crippen LogP contribution in [0.15, 0.2) is 42.8 Å². The second-order valence-electron chi connectivity index (χ2n) is 2.68. The van der Waals surface area contributed by atoms with E-state index in [2.05, 4.69) is 11.9 Å². The monoisotopic (exact) mass is 191 g/mol. The van der Waals surface area contributed by atoms with E-state index in [-0.39, 0.29) is 11.8 Å². The lowest BCUT2D eigenvalue weighted by Gasteiger charge is -2.07. The molecule has 0 aliphatic heterocycles. The Hall–Kier alpha value is -1.77. The van der Waals surface area contributed by atoms with Crippen molar-refractivity contribution in [3.05, 3.63) is 48.4 Å². The smallest absolute Gasteiger partial charge is 0.257 e. The fraction of sp³-hybridized carbons (Fsp3) is 0.182. The minimum Gasteiger partial charge on any atom is -0.480 e. The summed E-state index contributed by atoms with van der Waals surface area (Å²) in [4.78, 5) is 11.5. The van der Waals surface area contributed by atoms with Crippen LogP contribution in [0.3, 0.4) is 0 Å². The van der Waals surface area contributed by atoms with Crippen molar-refractivity contribution in [1.82, 2.24) is 5.32 Å². The lowest BCUT2D eigenvalue weighted by Crippen LogP contribution is -2.23. The van der Waals surface area contributed by atoms with Crippen molar-refractivity contribution in [2.75, 3.05) is 6.61 Å². The number of ether oxygens (including phenoxy) is 1. The molecule has 0 spiro atoms. The van der Waals surface area contributed by atoms with Gasteiger partial charge in [0.15, 0.2) is 5.88 Å². The summed E-state index contributed by atoms with van der Waals surface area (Å²) < 4.78 is 5.01. The third kappa shape index (κ3) is 2.94. The van der Waals surface area contributed by atoms with Crippen LogP contribution in [0.4, 0.5) is 0 Å². The Balaban J connectivity index is 2.55. The van der Waals surface area contributed by atoms with Gasteiger partial charge in [-0.05, 0) is 25.6 Å². The molecule has 1 aromatic carbocycles. The van der Waals surface area contributed by atoms with Gasteiger partial charge >= 0.3 is 0 Å². The Morgan fingerprint density at radius 2 is 2.07 bits per heavy atom. The Morgan fingerprint density at radius 3 is 2.64 bits per heavy atom. The van der Waals surface area contributed by atoms with E-state index in [4.69, 9.17) is 4.74 Å². The largest absolute Gasteiger partial charge is 0.480 e.